The van der Waals surface area contributed by atoms with Gasteiger partial charge in [0.15, 0.2) is 0 Å². The molecule has 10 atom stereocenters. The highest BCUT2D eigenvalue weighted by Gasteiger charge is 2.76. The molecule has 0 aromatic heterocycles. The van der Waals surface area contributed by atoms with Crippen LogP contribution in [0.4, 0.5) is 5.69 Å². The van der Waals surface area contributed by atoms with Gasteiger partial charge in [0, 0.05) is 42.1 Å². The Morgan fingerprint density at radius 3 is 2.79 bits per heavy atom. The summed E-state index contributed by atoms with van der Waals surface area (Å²) in [5, 5.41) is 22.6. The molecule has 6 aliphatic rings. The van der Waals surface area contributed by atoms with Gasteiger partial charge in [-0.15, -0.1) is 0 Å². The lowest BCUT2D eigenvalue weighted by Crippen LogP contribution is -2.72. The summed E-state index contributed by atoms with van der Waals surface area (Å²) in [6.07, 6.45) is 2.56. The second-order valence-corrected chi connectivity index (χ2v) is 8.81. The fraction of sp³-hybridized carbons (Fsp3) is 0.700. The van der Waals surface area contributed by atoms with E-state index < -0.39 is 0 Å². The molecule has 1 aromatic rings. The first-order chi connectivity index (χ1) is 11.6. The van der Waals surface area contributed by atoms with Crippen LogP contribution in [0, 0.1) is 17.8 Å². The van der Waals surface area contributed by atoms with Crippen LogP contribution in [0.3, 0.4) is 0 Å². The van der Waals surface area contributed by atoms with Gasteiger partial charge in [-0.3, -0.25) is 4.90 Å². The largest absolute Gasteiger partial charge is 0.392 e. The summed E-state index contributed by atoms with van der Waals surface area (Å²) in [5.74, 6) is 1.14. The van der Waals surface area contributed by atoms with E-state index in [1.165, 1.54) is 11.3 Å². The average molecular weight is 326 g/mol. The van der Waals surface area contributed by atoms with E-state index in [2.05, 4.69) is 48.0 Å². The molecule has 1 aromatic carbocycles. The smallest absolute Gasteiger partial charge is 0.111 e. The number of hydrogen-bond donors (Lipinski definition) is 2. The van der Waals surface area contributed by atoms with Gasteiger partial charge in [0.1, 0.15) is 6.23 Å². The molecule has 5 aliphatic heterocycles. The van der Waals surface area contributed by atoms with Crippen molar-refractivity contribution in [2.75, 3.05) is 11.9 Å². The van der Waals surface area contributed by atoms with Gasteiger partial charge in [0.25, 0.3) is 0 Å². The molecule has 5 fully saturated rings. The van der Waals surface area contributed by atoms with Gasteiger partial charge in [0.05, 0.1) is 12.1 Å². The van der Waals surface area contributed by atoms with Crippen molar-refractivity contribution >= 4 is 5.69 Å². The van der Waals surface area contributed by atoms with Crippen molar-refractivity contribution in [1.82, 2.24) is 4.90 Å². The van der Waals surface area contributed by atoms with E-state index in [0.29, 0.717) is 35.9 Å². The lowest BCUT2D eigenvalue weighted by Gasteiger charge is -2.62. The summed E-state index contributed by atoms with van der Waals surface area (Å²) in [4.78, 5) is 4.83. The zero-order valence-corrected chi connectivity index (χ0v) is 14.3. The van der Waals surface area contributed by atoms with E-state index in [1.54, 1.807) is 0 Å². The topological polar surface area (TPSA) is 46.9 Å². The van der Waals surface area contributed by atoms with Gasteiger partial charge in [-0.25, -0.2) is 0 Å². The third kappa shape index (κ3) is 1.20. The number of nitrogens with zero attached hydrogens (tertiary/aromatic N) is 2. The van der Waals surface area contributed by atoms with Crippen LogP contribution in [0.5, 0.6) is 0 Å². The molecule has 2 unspecified atom stereocenters. The Morgan fingerprint density at radius 1 is 1.21 bits per heavy atom. The Balaban J connectivity index is 1.60. The van der Waals surface area contributed by atoms with Crippen LogP contribution in [0.1, 0.15) is 31.7 Å². The number of benzene rings is 1. The monoisotopic (exact) mass is 326 g/mol. The normalized spacial score (nSPS) is 55.8. The number of piperidine rings is 4. The van der Waals surface area contributed by atoms with Crippen molar-refractivity contribution in [3.8, 4) is 0 Å². The summed E-state index contributed by atoms with van der Waals surface area (Å²) < 4.78 is 0. The summed E-state index contributed by atoms with van der Waals surface area (Å²) >= 11 is 0. The second-order valence-electron chi connectivity index (χ2n) is 8.81. The predicted molar refractivity (Wildman–Crippen MR) is 91.7 cm³/mol. The molecule has 1 aliphatic carbocycles. The number of rotatable bonds is 1. The van der Waals surface area contributed by atoms with E-state index in [-0.39, 0.29) is 17.7 Å². The Labute approximate surface area is 143 Å². The van der Waals surface area contributed by atoms with Gasteiger partial charge in [-0.05, 0) is 36.8 Å². The summed E-state index contributed by atoms with van der Waals surface area (Å²) in [6.45, 7) is 2.19. The summed E-state index contributed by atoms with van der Waals surface area (Å²) in [7, 11) is 2.19. The number of anilines is 1. The molecule has 4 nitrogen and oxygen atoms in total. The van der Waals surface area contributed by atoms with Crippen LogP contribution >= 0.6 is 0 Å². The van der Waals surface area contributed by atoms with Gasteiger partial charge >= 0.3 is 0 Å². The first-order valence-corrected chi connectivity index (χ1v) is 9.57. The van der Waals surface area contributed by atoms with Crippen molar-refractivity contribution in [2.45, 2.75) is 62.1 Å². The van der Waals surface area contributed by atoms with Crippen LogP contribution in [0.15, 0.2) is 24.3 Å². The van der Waals surface area contributed by atoms with Crippen LogP contribution < -0.4 is 4.90 Å². The molecule has 0 radical (unpaired) electrons. The zero-order valence-electron chi connectivity index (χ0n) is 14.3. The number of likely N-dealkylation sites (N-methyl/N-ethyl adjacent to an activating group) is 1. The molecule has 7 rings (SSSR count). The Bertz CT molecular complexity index is 723. The quantitative estimate of drug-likeness (QED) is 0.822. The van der Waals surface area contributed by atoms with Crippen LogP contribution in [0.2, 0.25) is 0 Å². The lowest BCUT2D eigenvalue weighted by molar-refractivity contribution is -0.211. The van der Waals surface area contributed by atoms with Crippen molar-refractivity contribution in [3.05, 3.63) is 29.8 Å². The molecule has 1 saturated carbocycles. The highest BCUT2D eigenvalue weighted by atomic mass is 16.3. The molecule has 2 N–H and O–H groups in total. The maximum Gasteiger partial charge on any atom is 0.111 e. The average Bonchev–Trinajstić information content (AvgIpc) is 2.97. The third-order valence-corrected chi connectivity index (χ3v) is 8.46. The molecule has 4 saturated heterocycles. The molecule has 5 heterocycles. The third-order valence-electron chi connectivity index (χ3n) is 8.46. The van der Waals surface area contributed by atoms with E-state index in [0.717, 1.165) is 19.3 Å². The minimum absolute atomic E-state index is 0.126. The molecular formula is C20H26N2O2. The van der Waals surface area contributed by atoms with Gasteiger partial charge in [0.2, 0.25) is 0 Å². The van der Waals surface area contributed by atoms with E-state index in [1.807, 2.05) is 0 Å². The van der Waals surface area contributed by atoms with Crippen molar-refractivity contribution in [3.63, 3.8) is 0 Å². The van der Waals surface area contributed by atoms with E-state index in [9.17, 15) is 10.2 Å². The molecule has 1 spiro atoms. The Morgan fingerprint density at radius 2 is 2.00 bits per heavy atom. The number of para-hydroxylation sites is 1. The minimum Gasteiger partial charge on any atom is -0.392 e. The minimum atomic E-state index is -0.319. The van der Waals surface area contributed by atoms with Crippen molar-refractivity contribution in [1.29, 1.82) is 0 Å². The number of aliphatic hydroxyl groups is 2. The first kappa shape index (κ1) is 14.1. The number of hydrogen-bond acceptors (Lipinski definition) is 4. The van der Waals surface area contributed by atoms with Crippen LogP contribution in [-0.4, -0.2) is 52.6 Å². The van der Waals surface area contributed by atoms with Crippen molar-refractivity contribution < 1.29 is 10.2 Å². The predicted octanol–water partition coefficient (Wildman–Crippen LogP) is 1.55. The Kier molecular flexibility index (Phi) is 2.45. The first-order valence-electron chi connectivity index (χ1n) is 9.57. The summed E-state index contributed by atoms with van der Waals surface area (Å²) in [5.41, 5.74) is 2.51. The van der Waals surface area contributed by atoms with Gasteiger partial charge in [-0.1, -0.05) is 25.1 Å². The number of aliphatic hydroxyl groups excluding tert-OH is 2. The molecule has 128 valence electrons. The van der Waals surface area contributed by atoms with E-state index in [4.69, 9.17) is 0 Å². The highest BCUT2D eigenvalue weighted by Crippen LogP contribution is 2.68. The fourth-order valence-corrected chi connectivity index (χ4v) is 7.88. The zero-order chi connectivity index (χ0) is 16.4. The lowest BCUT2D eigenvalue weighted by atomic mass is 9.62. The summed E-state index contributed by atoms with van der Waals surface area (Å²) in [6, 6.07) is 9.70. The van der Waals surface area contributed by atoms with Crippen LogP contribution in [0.25, 0.3) is 0 Å². The fourth-order valence-electron chi connectivity index (χ4n) is 7.88. The molecule has 0 amide bonds. The van der Waals surface area contributed by atoms with Crippen LogP contribution in [-0.2, 0) is 5.41 Å². The molecular weight excluding hydrogens is 300 g/mol. The SMILES string of the molecule is CC[C@H]1[C@@H]2C[C@H]3[C@@H]4N(C)c5ccccc5[C@]45C[C@@H](C2[C@H]5O)N3[C@H]1O. The molecule has 4 heteroatoms. The second kappa shape index (κ2) is 4.17. The Hall–Kier alpha value is -1.10. The highest BCUT2D eigenvalue weighted by molar-refractivity contribution is 5.67. The molecule has 5 bridgehead atoms. The van der Waals surface area contributed by atoms with Crippen molar-refractivity contribution in [2.24, 2.45) is 17.8 Å². The molecule has 24 heavy (non-hydrogen) atoms. The van der Waals surface area contributed by atoms with E-state index >= 15 is 0 Å². The number of fused-ring (bicyclic) bond motifs is 2. The van der Waals surface area contributed by atoms with Gasteiger partial charge < -0.3 is 15.1 Å². The maximum absolute atomic E-state index is 11.6. The maximum atomic E-state index is 11.6. The van der Waals surface area contributed by atoms with Gasteiger partial charge in [-0.2, -0.15) is 0 Å². The standard InChI is InChI=1S/C20H26N2O2/c1-3-10-11-8-14-17-20(12-6-4-5-7-13(12)21(17)2)9-15(16(11)18(20)23)22(14)19(10)24/h4-7,10-11,14-19,23-24H,3,8-9H2,1-2H3/t10-,11-,14-,15-,16?,17-,18+,19-,20+/m0/s1.